The van der Waals surface area contributed by atoms with Gasteiger partial charge in [-0.3, -0.25) is 4.79 Å². The van der Waals surface area contributed by atoms with Gasteiger partial charge in [0.25, 0.3) is 0 Å². The molecule has 12 heteroatoms. The van der Waals surface area contributed by atoms with E-state index in [2.05, 4.69) is 11.9 Å². The zero-order valence-corrected chi connectivity index (χ0v) is 28.3. The Morgan fingerprint density at radius 3 is 2.51 bits per heavy atom. The number of aliphatic hydroxyl groups excluding tert-OH is 1. The third-order valence-electron chi connectivity index (χ3n) is 9.67. The summed E-state index contributed by atoms with van der Waals surface area (Å²) in [5.74, 6) is -6.21. The van der Waals surface area contributed by atoms with Crippen LogP contribution in [0.2, 0.25) is 0 Å². The lowest BCUT2D eigenvalue weighted by Gasteiger charge is -2.34. The van der Waals surface area contributed by atoms with Crippen LogP contribution in [0.3, 0.4) is 0 Å². The average Bonchev–Trinajstić information content (AvgIpc) is 3.76. The molecule has 6 heterocycles. The zero-order chi connectivity index (χ0) is 35.4. The number of hydrogen-bond acceptors (Lipinski definition) is 12. The highest BCUT2D eigenvalue weighted by Gasteiger charge is 2.58. The van der Waals surface area contributed by atoms with Crippen LogP contribution in [-0.4, -0.2) is 64.8 Å². The van der Waals surface area contributed by atoms with Crippen molar-refractivity contribution in [1.82, 2.24) is 5.32 Å². The van der Waals surface area contributed by atoms with E-state index in [4.69, 9.17) is 29.2 Å². The second-order valence-corrected chi connectivity index (χ2v) is 12.3. The lowest BCUT2D eigenvalue weighted by Crippen LogP contribution is -2.53. The molecule has 6 aliphatic heterocycles. The molecule has 3 atom stereocenters. The first-order chi connectivity index (χ1) is 23.4. The minimum absolute atomic E-state index is 0.0428. The molecule has 0 aromatic carbocycles. The Balaban J connectivity index is 1.70. The van der Waals surface area contributed by atoms with Crippen molar-refractivity contribution in [2.75, 3.05) is 13.7 Å². The number of carbonyl (C=O) groups is 3. The number of nitrogens with zero attached hydrogens (tertiary/aromatic N) is 3. The zero-order valence-electron chi connectivity index (χ0n) is 28.3. The summed E-state index contributed by atoms with van der Waals surface area (Å²) in [5.41, 5.74) is 6.97. The van der Waals surface area contributed by atoms with Gasteiger partial charge in [-0.1, -0.05) is 26.5 Å². The number of aliphatic imine (C=N–C) groups is 3. The Morgan fingerprint density at radius 2 is 1.86 bits per heavy atom. The number of methoxy groups -OCH3 is 1. The summed E-state index contributed by atoms with van der Waals surface area (Å²) in [6.45, 7) is 13.5. The molecule has 2 fully saturated rings. The van der Waals surface area contributed by atoms with E-state index in [1.54, 1.807) is 32.1 Å². The minimum Gasteiger partial charge on any atom is -0.515 e. The predicted octanol–water partition coefficient (Wildman–Crippen LogP) is 4.81. The minimum atomic E-state index is -2.86. The van der Waals surface area contributed by atoms with Gasteiger partial charge in [0, 0.05) is 40.8 Å². The molecular formula is C37H38N4O8. The first-order valence-corrected chi connectivity index (χ1v) is 16.2. The van der Waals surface area contributed by atoms with E-state index in [1.807, 2.05) is 26.8 Å². The van der Waals surface area contributed by atoms with Crippen molar-refractivity contribution in [3.05, 3.63) is 105 Å². The van der Waals surface area contributed by atoms with Crippen LogP contribution in [0.4, 0.5) is 0 Å². The summed E-state index contributed by atoms with van der Waals surface area (Å²) >= 11 is 0. The number of hydrogen-bond donors (Lipinski definition) is 3. The molecule has 6 rings (SSSR count). The fourth-order valence-electron chi connectivity index (χ4n) is 7.08. The molecule has 0 aliphatic carbocycles. The van der Waals surface area contributed by atoms with Gasteiger partial charge in [-0.05, 0) is 68.6 Å². The maximum Gasteiger partial charge on any atom is 0.384 e. The number of fused-ring (bicyclic) bond motifs is 5. The monoisotopic (exact) mass is 666 g/mol. The Morgan fingerprint density at radius 1 is 1.10 bits per heavy atom. The highest BCUT2D eigenvalue weighted by atomic mass is 16.7. The highest BCUT2D eigenvalue weighted by molar-refractivity contribution is 6.33. The van der Waals surface area contributed by atoms with E-state index < -0.39 is 29.6 Å². The van der Waals surface area contributed by atoms with Gasteiger partial charge in [-0.15, -0.1) is 0 Å². The van der Waals surface area contributed by atoms with Crippen molar-refractivity contribution in [3.8, 4) is 0 Å². The third-order valence-corrected chi connectivity index (χ3v) is 9.67. The largest absolute Gasteiger partial charge is 0.515 e. The van der Waals surface area contributed by atoms with Crippen molar-refractivity contribution in [3.63, 3.8) is 0 Å². The Labute approximate surface area is 283 Å². The van der Waals surface area contributed by atoms with Gasteiger partial charge in [-0.2, -0.15) is 0 Å². The van der Waals surface area contributed by atoms with Crippen molar-refractivity contribution in [2.24, 2.45) is 26.8 Å². The fourth-order valence-corrected chi connectivity index (χ4v) is 7.08. The predicted molar refractivity (Wildman–Crippen MR) is 182 cm³/mol. The lowest BCUT2D eigenvalue weighted by molar-refractivity contribution is -0.211. The maximum atomic E-state index is 13.6. The highest BCUT2D eigenvalue weighted by Crippen LogP contribution is 2.47. The Bertz CT molecular complexity index is 1980. The topological polar surface area (TPSA) is 168 Å². The molecule has 254 valence electrons. The average molecular weight is 667 g/mol. The van der Waals surface area contributed by atoms with Gasteiger partial charge in [0.1, 0.15) is 0 Å². The third kappa shape index (κ3) is 5.27. The van der Waals surface area contributed by atoms with E-state index in [-0.39, 0.29) is 42.2 Å². The fraction of sp³-hybridized carbons (Fsp3) is 0.351. The molecule has 1 unspecified atom stereocenters. The van der Waals surface area contributed by atoms with E-state index in [1.165, 1.54) is 0 Å². The number of nitrogens with one attached hydrogen (secondary N) is 1. The van der Waals surface area contributed by atoms with E-state index >= 15 is 0 Å². The Kier molecular flexibility index (Phi) is 8.62. The van der Waals surface area contributed by atoms with E-state index in [9.17, 15) is 24.6 Å². The van der Waals surface area contributed by atoms with Crippen LogP contribution < -0.4 is 5.32 Å². The summed E-state index contributed by atoms with van der Waals surface area (Å²) in [5, 5.41) is 25.8. The van der Waals surface area contributed by atoms with Crippen molar-refractivity contribution in [1.29, 1.82) is 0 Å². The molecule has 0 aromatic heterocycles. The van der Waals surface area contributed by atoms with E-state index in [0.717, 1.165) is 30.1 Å². The number of ether oxygens (including phenoxy) is 3. The summed E-state index contributed by atoms with van der Waals surface area (Å²) in [6.07, 6.45) is 8.95. The molecular weight excluding hydrogens is 628 g/mol. The number of esters is 3. The van der Waals surface area contributed by atoms with Gasteiger partial charge >= 0.3 is 23.7 Å². The van der Waals surface area contributed by atoms with Crippen LogP contribution in [0, 0.1) is 11.8 Å². The second-order valence-electron chi connectivity index (χ2n) is 12.3. The first kappa shape index (κ1) is 33.5. The SMILES string of the molecule is C=CC1=C(C)C2=NC1=CC1=NC(=C(CC)/C1=C\O)C=C1N=C3C(=C1C)C(=O)OC(O)(C(=O)OC)C3=C1NC(=C2)[C@@H](C)[C@@H]1CCC(=O)OCC. The molecule has 6 aliphatic rings. The first-order valence-electron chi connectivity index (χ1n) is 16.2. The molecule has 0 aromatic rings. The standard InChI is InChI=1S/C37H38N4O8/c1-8-20-17(4)24-13-25-18(5)22(11-12-30(43)48-10-3)33(40-25)32-34-31(35(44)49-37(32,46)36(45)47-7)19(6)26(41-34)14-28-21(9-2)23(16-42)29(39-28)15-27(20)38-24/h8,13-16,18,22,40,42,46H,1,9-12H2,2-7H3/b23-16+,25-13?,26-14?,27-15?,33-32?/t18-,22-,37?/m0/s1. The number of allylic oxidation sites excluding steroid dienone is 10. The number of rotatable bonds is 7. The number of cyclic esters (lactones) is 1. The van der Waals surface area contributed by atoms with Crippen LogP contribution in [0.5, 0.6) is 0 Å². The van der Waals surface area contributed by atoms with Gasteiger partial charge in [-0.25, -0.2) is 24.6 Å². The molecule has 8 bridgehead atoms. The summed E-state index contributed by atoms with van der Waals surface area (Å²) in [7, 11) is 1.08. The van der Waals surface area contributed by atoms with Crippen molar-refractivity contribution < 1.29 is 38.8 Å². The van der Waals surface area contributed by atoms with Crippen LogP contribution >= 0.6 is 0 Å². The normalized spacial score (nSPS) is 26.6. The smallest absolute Gasteiger partial charge is 0.384 e. The molecule has 0 saturated carbocycles. The van der Waals surface area contributed by atoms with Gasteiger partial charge in [0.05, 0.1) is 65.4 Å². The van der Waals surface area contributed by atoms with Crippen molar-refractivity contribution in [2.45, 2.75) is 59.7 Å². The molecule has 49 heavy (non-hydrogen) atoms. The molecule has 3 N–H and O–H groups in total. The second kappa shape index (κ2) is 12.6. The Hall–Kier alpha value is -5.36. The summed E-state index contributed by atoms with van der Waals surface area (Å²) in [6, 6.07) is 0. The van der Waals surface area contributed by atoms with Crippen LogP contribution in [0.1, 0.15) is 53.9 Å². The van der Waals surface area contributed by atoms with Gasteiger partial charge in [0.15, 0.2) is 0 Å². The molecule has 0 radical (unpaired) electrons. The molecule has 0 spiro atoms. The number of carbonyl (C=O) groups excluding carboxylic acids is 3. The summed E-state index contributed by atoms with van der Waals surface area (Å²) in [4.78, 5) is 54.2. The lowest BCUT2D eigenvalue weighted by atomic mass is 9.82. The van der Waals surface area contributed by atoms with Crippen molar-refractivity contribution >= 4 is 35.0 Å². The van der Waals surface area contributed by atoms with Gasteiger partial charge < -0.3 is 29.7 Å². The van der Waals surface area contributed by atoms with E-state index in [0.29, 0.717) is 57.5 Å². The molecule has 0 amide bonds. The number of aliphatic hydroxyl groups is 2. The van der Waals surface area contributed by atoms with Gasteiger partial charge in [0.2, 0.25) is 0 Å². The quantitative estimate of drug-likeness (QED) is 0.196. The molecule has 2 saturated heterocycles. The van der Waals surface area contributed by atoms with Crippen LogP contribution in [-0.2, 0) is 28.6 Å². The summed E-state index contributed by atoms with van der Waals surface area (Å²) < 4.78 is 15.7. The van der Waals surface area contributed by atoms with Crippen LogP contribution in [0.15, 0.2) is 120 Å². The van der Waals surface area contributed by atoms with Crippen LogP contribution in [0.25, 0.3) is 0 Å². The maximum absolute atomic E-state index is 13.6. The molecule has 12 nitrogen and oxygen atoms in total.